The molecule has 0 aromatic heterocycles. The van der Waals surface area contributed by atoms with Gasteiger partial charge in [-0.25, -0.2) is 4.79 Å². The number of piperidine rings is 1. The van der Waals surface area contributed by atoms with Crippen molar-refractivity contribution in [1.29, 1.82) is 0 Å². The van der Waals surface area contributed by atoms with Crippen molar-refractivity contribution in [3.05, 3.63) is 23.3 Å². The second-order valence-electron chi connectivity index (χ2n) is 16.3. The van der Waals surface area contributed by atoms with Crippen molar-refractivity contribution >= 4 is 23.4 Å². The van der Waals surface area contributed by atoms with Crippen LogP contribution in [-0.4, -0.2) is 97.4 Å². The SMILES string of the molecule is COC1CC(C)CC(C)=CCC(=O)CCC(C)C(C(C)=CC2CCC(O)C(OC)C2)OC(=O)C23CCCCN2C(=O)C(C3=O)C(C)CC(OC)C1. The Bertz CT molecular complexity index is 1290. The number of allylic oxidation sites excluding steroid dienone is 3. The number of hydrogen-bond donors (Lipinski definition) is 1. The molecule has 11 atom stereocenters. The van der Waals surface area contributed by atoms with E-state index in [-0.39, 0.29) is 60.0 Å². The summed E-state index contributed by atoms with van der Waals surface area (Å²) in [5.74, 6) is -2.29. The average molecular weight is 716 g/mol. The van der Waals surface area contributed by atoms with E-state index in [4.69, 9.17) is 18.9 Å². The largest absolute Gasteiger partial charge is 0.455 e. The molecule has 1 amide bonds. The molecule has 10 nitrogen and oxygen atoms in total. The maximum absolute atomic E-state index is 14.6. The number of ether oxygens (including phenoxy) is 4. The molecule has 3 aliphatic heterocycles. The van der Waals surface area contributed by atoms with Gasteiger partial charge in [0.2, 0.25) is 5.91 Å². The third-order valence-electron chi connectivity index (χ3n) is 12.3. The summed E-state index contributed by atoms with van der Waals surface area (Å²) >= 11 is 0. The van der Waals surface area contributed by atoms with Crippen LogP contribution in [0.15, 0.2) is 23.3 Å². The van der Waals surface area contributed by atoms with Crippen LogP contribution in [0.5, 0.6) is 0 Å². The average Bonchev–Trinajstić information content (AvgIpc) is 3.34. The van der Waals surface area contributed by atoms with Crippen LogP contribution in [0.25, 0.3) is 0 Å². The number of aliphatic hydroxyl groups is 1. The molecule has 3 heterocycles. The van der Waals surface area contributed by atoms with E-state index in [1.54, 1.807) is 21.3 Å². The first-order valence-electron chi connectivity index (χ1n) is 19.4. The number of carbonyl (C=O) groups is 4. The Labute approximate surface area is 306 Å². The molecule has 1 aliphatic carbocycles. The first-order chi connectivity index (χ1) is 24.2. The van der Waals surface area contributed by atoms with Crippen molar-refractivity contribution in [1.82, 2.24) is 4.90 Å². The molecule has 288 valence electrons. The van der Waals surface area contributed by atoms with Crippen LogP contribution >= 0.6 is 0 Å². The number of Topliss-reactive ketones (excluding diaryl/α,β-unsaturated/α-hetero) is 2. The van der Waals surface area contributed by atoms with Crippen LogP contribution in [-0.2, 0) is 38.1 Å². The van der Waals surface area contributed by atoms with E-state index in [0.717, 1.165) is 24.8 Å². The van der Waals surface area contributed by atoms with Crippen molar-refractivity contribution in [2.75, 3.05) is 27.9 Å². The highest BCUT2D eigenvalue weighted by Crippen LogP contribution is 2.44. The van der Waals surface area contributed by atoms with Crippen molar-refractivity contribution in [3.63, 3.8) is 0 Å². The molecule has 1 saturated carbocycles. The van der Waals surface area contributed by atoms with Gasteiger partial charge < -0.3 is 29.0 Å². The lowest BCUT2D eigenvalue weighted by molar-refractivity contribution is -0.169. The molecule has 0 radical (unpaired) electrons. The van der Waals surface area contributed by atoms with Crippen LogP contribution in [0.2, 0.25) is 0 Å². The van der Waals surface area contributed by atoms with Crippen molar-refractivity contribution in [2.45, 2.75) is 154 Å². The third kappa shape index (κ3) is 9.78. The monoisotopic (exact) mass is 715 g/mol. The van der Waals surface area contributed by atoms with E-state index >= 15 is 0 Å². The zero-order chi connectivity index (χ0) is 37.5. The zero-order valence-corrected chi connectivity index (χ0v) is 32.5. The lowest BCUT2D eigenvalue weighted by atomic mass is 9.78. The highest BCUT2D eigenvalue weighted by Gasteiger charge is 2.65. The molecule has 0 aromatic carbocycles. The minimum Gasteiger partial charge on any atom is -0.455 e. The molecule has 2 bridgehead atoms. The van der Waals surface area contributed by atoms with Gasteiger partial charge >= 0.3 is 5.97 Å². The molecule has 51 heavy (non-hydrogen) atoms. The maximum atomic E-state index is 14.6. The molecule has 1 N–H and O–H groups in total. The number of rotatable bonds is 5. The number of esters is 1. The maximum Gasteiger partial charge on any atom is 0.340 e. The van der Waals surface area contributed by atoms with E-state index in [9.17, 15) is 24.3 Å². The fourth-order valence-electron chi connectivity index (χ4n) is 9.29. The van der Waals surface area contributed by atoms with Gasteiger partial charge in [-0.05, 0) is 114 Å². The van der Waals surface area contributed by atoms with E-state index in [1.807, 2.05) is 26.8 Å². The van der Waals surface area contributed by atoms with Gasteiger partial charge in [0.1, 0.15) is 17.8 Å². The number of amides is 1. The lowest BCUT2D eigenvalue weighted by Gasteiger charge is -2.40. The third-order valence-corrected chi connectivity index (χ3v) is 12.3. The Kier molecular flexibility index (Phi) is 15.1. The Hall–Kier alpha value is -2.40. The fourth-order valence-corrected chi connectivity index (χ4v) is 9.29. The van der Waals surface area contributed by atoms with Gasteiger partial charge in [0.05, 0.1) is 24.4 Å². The predicted molar refractivity (Wildman–Crippen MR) is 195 cm³/mol. The van der Waals surface area contributed by atoms with Gasteiger partial charge in [-0.3, -0.25) is 14.4 Å². The summed E-state index contributed by atoms with van der Waals surface area (Å²) in [5, 5.41) is 10.4. The number of hydrogen-bond acceptors (Lipinski definition) is 9. The Morgan fingerprint density at radius 2 is 1.63 bits per heavy atom. The minimum atomic E-state index is -1.66. The van der Waals surface area contributed by atoms with Gasteiger partial charge in [-0.15, -0.1) is 0 Å². The van der Waals surface area contributed by atoms with Gasteiger partial charge in [0, 0.05) is 40.7 Å². The van der Waals surface area contributed by atoms with E-state index in [0.29, 0.717) is 70.3 Å². The summed E-state index contributed by atoms with van der Waals surface area (Å²) < 4.78 is 23.8. The molecule has 0 aromatic rings. The van der Waals surface area contributed by atoms with E-state index in [2.05, 4.69) is 19.9 Å². The van der Waals surface area contributed by atoms with Gasteiger partial charge in [0.15, 0.2) is 11.3 Å². The first-order valence-corrected chi connectivity index (χ1v) is 19.4. The van der Waals surface area contributed by atoms with Crippen molar-refractivity contribution in [3.8, 4) is 0 Å². The van der Waals surface area contributed by atoms with Crippen LogP contribution in [0, 0.1) is 29.6 Å². The van der Waals surface area contributed by atoms with Crippen LogP contribution in [0.4, 0.5) is 0 Å². The van der Waals surface area contributed by atoms with Gasteiger partial charge in [-0.1, -0.05) is 38.5 Å². The van der Waals surface area contributed by atoms with E-state index in [1.165, 1.54) is 10.5 Å². The van der Waals surface area contributed by atoms with Gasteiger partial charge in [0.25, 0.3) is 0 Å². The first kappa shape index (κ1) is 41.4. The number of fused-ring (bicyclic) bond motifs is 1. The Morgan fingerprint density at radius 1 is 0.922 bits per heavy atom. The Balaban J connectivity index is 1.70. The smallest absolute Gasteiger partial charge is 0.340 e. The second kappa shape index (κ2) is 18.6. The highest BCUT2D eigenvalue weighted by atomic mass is 16.5. The van der Waals surface area contributed by atoms with Gasteiger partial charge in [-0.2, -0.15) is 0 Å². The molecule has 4 rings (SSSR count). The minimum absolute atomic E-state index is 0.0721. The molecular formula is C41H65NO9. The summed E-state index contributed by atoms with van der Waals surface area (Å²) in [6, 6.07) is 0. The summed E-state index contributed by atoms with van der Waals surface area (Å²) in [4.78, 5) is 58.0. The molecule has 1 spiro atoms. The second-order valence-corrected chi connectivity index (χ2v) is 16.3. The summed E-state index contributed by atoms with van der Waals surface area (Å²) in [6.45, 7) is 10.4. The van der Waals surface area contributed by atoms with Crippen molar-refractivity contribution in [2.24, 2.45) is 29.6 Å². The molecule has 10 heteroatoms. The molecule has 4 aliphatic rings. The van der Waals surface area contributed by atoms with Crippen molar-refractivity contribution < 1.29 is 43.2 Å². The molecule has 2 saturated heterocycles. The van der Waals surface area contributed by atoms with Crippen LogP contribution < -0.4 is 0 Å². The molecule has 3 fully saturated rings. The molecular weight excluding hydrogens is 650 g/mol. The summed E-state index contributed by atoms with van der Waals surface area (Å²) in [6.07, 6.45) is 9.92. The Morgan fingerprint density at radius 3 is 2.31 bits per heavy atom. The number of cyclic esters (lactones) is 1. The standard InChI is InChI=1S/C41H65NO9/c1-25-11-14-31(43)15-12-27(3)37(29(5)21-30-13-16-34(44)35(23-30)50-8)51-40(47)41-17-9-10-18-42(41)39(46)36(38(41)45)28(4)22-33(49-7)24-32(48-6)20-26(2)19-25/h11,21,26-28,30,32-37,44H,9-10,12-20,22-24H2,1-8H3. The highest BCUT2D eigenvalue weighted by molar-refractivity contribution is 6.23. The summed E-state index contributed by atoms with van der Waals surface area (Å²) in [5.41, 5.74) is 0.356. The number of carbonyl (C=O) groups excluding carboxylic acids is 4. The lowest BCUT2D eigenvalue weighted by Crippen LogP contribution is -2.59. The van der Waals surface area contributed by atoms with Crippen LogP contribution in [0.1, 0.15) is 118 Å². The number of methoxy groups -OCH3 is 3. The summed E-state index contributed by atoms with van der Waals surface area (Å²) in [7, 11) is 4.96. The zero-order valence-electron chi connectivity index (χ0n) is 32.5. The normalized spacial score (nSPS) is 38.8. The van der Waals surface area contributed by atoms with E-state index < -0.39 is 29.6 Å². The quantitative estimate of drug-likeness (QED) is 0.202. The van der Waals surface area contributed by atoms with Crippen LogP contribution in [0.3, 0.4) is 0 Å². The molecule has 11 unspecified atom stereocenters. The number of ketones is 2. The topological polar surface area (TPSA) is 129 Å². The fraction of sp³-hybridized carbons (Fsp3) is 0.805. The number of nitrogens with zero attached hydrogens (tertiary/aromatic N) is 1. The predicted octanol–water partition coefficient (Wildman–Crippen LogP) is 6.17. The number of aliphatic hydroxyl groups excluding tert-OH is 1.